The van der Waals surface area contributed by atoms with Gasteiger partial charge in [-0.05, 0) is 39.3 Å². The van der Waals surface area contributed by atoms with Crippen molar-refractivity contribution in [1.82, 2.24) is 24.8 Å². The van der Waals surface area contributed by atoms with E-state index in [-0.39, 0.29) is 17.9 Å². The Hall–Kier alpha value is -2.95. The van der Waals surface area contributed by atoms with E-state index in [4.69, 9.17) is 9.72 Å². The van der Waals surface area contributed by atoms with Crippen LogP contribution in [-0.2, 0) is 23.9 Å². The molecule has 8 nitrogen and oxygen atoms in total. The van der Waals surface area contributed by atoms with Gasteiger partial charge in [-0.3, -0.25) is 4.98 Å². The number of alkyl halides is 3. The van der Waals surface area contributed by atoms with Gasteiger partial charge < -0.3 is 14.5 Å². The first-order valence-electron chi connectivity index (χ1n) is 11.0. The maximum absolute atomic E-state index is 13.4. The quantitative estimate of drug-likeness (QED) is 0.580. The van der Waals surface area contributed by atoms with Crippen LogP contribution in [-0.4, -0.2) is 56.6 Å². The fourth-order valence-corrected chi connectivity index (χ4v) is 4.75. The highest BCUT2D eigenvalue weighted by molar-refractivity contribution is 5.60. The molecule has 0 spiro atoms. The Morgan fingerprint density at radius 1 is 1.03 bits per heavy atom. The highest BCUT2D eigenvalue weighted by atomic mass is 19.4. The van der Waals surface area contributed by atoms with Gasteiger partial charge >= 0.3 is 6.18 Å². The van der Waals surface area contributed by atoms with Crippen molar-refractivity contribution in [2.45, 2.75) is 59.0 Å². The third kappa shape index (κ3) is 3.88. The molecule has 0 aliphatic carbocycles. The van der Waals surface area contributed by atoms with Crippen LogP contribution < -0.4 is 9.80 Å². The number of aryl methyl sites for hydroxylation is 1. The van der Waals surface area contributed by atoms with E-state index < -0.39 is 12.0 Å². The molecule has 0 radical (unpaired) electrons. The van der Waals surface area contributed by atoms with E-state index in [1.54, 1.807) is 6.92 Å². The van der Waals surface area contributed by atoms with Crippen LogP contribution in [0.4, 0.5) is 24.7 Å². The molecule has 176 valence electrons. The zero-order valence-corrected chi connectivity index (χ0v) is 19.0. The monoisotopic (exact) mass is 461 g/mol. The molecule has 0 saturated carbocycles. The lowest BCUT2D eigenvalue weighted by molar-refractivity contribution is -0.146. The number of ether oxygens (including phenoxy) is 1. The van der Waals surface area contributed by atoms with Crippen LogP contribution in [0.1, 0.15) is 42.1 Å². The predicted molar refractivity (Wildman–Crippen MR) is 116 cm³/mol. The Kier molecular flexibility index (Phi) is 5.19. The zero-order valence-electron chi connectivity index (χ0n) is 19.0. The van der Waals surface area contributed by atoms with Gasteiger partial charge in [0.15, 0.2) is 11.5 Å². The van der Waals surface area contributed by atoms with Crippen molar-refractivity contribution in [3.05, 3.63) is 40.5 Å². The van der Waals surface area contributed by atoms with E-state index in [0.717, 1.165) is 40.1 Å². The normalized spacial score (nSPS) is 21.5. The molecule has 1 saturated heterocycles. The van der Waals surface area contributed by atoms with Crippen LogP contribution in [0.25, 0.3) is 5.65 Å². The van der Waals surface area contributed by atoms with Gasteiger partial charge in [0.1, 0.15) is 0 Å². The molecule has 0 N–H and O–H groups in total. The van der Waals surface area contributed by atoms with Crippen molar-refractivity contribution in [3.63, 3.8) is 0 Å². The average Bonchev–Trinajstić information content (AvgIpc) is 3.19. The Morgan fingerprint density at radius 3 is 2.45 bits per heavy atom. The van der Waals surface area contributed by atoms with Crippen molar-refractivity contribution in [1.29, 1.82) is 0 Å². The fraction of sp³-hybridized carbons (Fsp3) is 0.545. The van der Waals surface area contributed by atoms with E-state index in [9.17, 15) is 13.2 Å². The number of fused-ring (bicyclic) bond motifs is 2. The number of pyridine rings is 1. The van der Waals surface area contributed by atoms with E-state index in [2.05, 4.69) is 40.1 Å². The van der Waals surface area contributed by atoms with Crippen LogP contribution in [0.5, 0.6) is 0 Å². The maximum Gasteiger partial charge on any atom is 0.453 e. The Bertz CT molecular complexity index is 1200. The van der Waals surface area contributed by atoms with E-state index >= 15 is 0 Å². The van der Waals surface area contributed by atoms with Gasteiger partial charge in [-0.15, -0.1) is 15.3 Å². The summed E-state index contributed by atoms with van der Waals surface area (Å²) in [5, 5.41) is 11.4. The second-order valence-electron chi connectivity index (χ2n) is 8.96. The number of aromatic nitrogens is 5. The molecular weight excluding hydrogens is 435 g/mol. The van der Waals surface area contributed by atoms with Crippen molar-refractivity contribution >= 4 is 17.2 Å². The maximum atomic E-state index is 13.4. The number of hydrogen-bond donors (Lipinski definition) is 0. The summed E-state index contributed by atoms with van der Waals surface area (Å²) in [5.74, 6) is -0.603. The molecule has 0 unspecified atom stereocenters. The highest BCUT2D eigenvalue weighted by Gasteiger charge is 2.38. The highest BCUT2D eigenvalue weighted by Crippen LogP contribution is 2.33. The molecule has 0 aromatic carbocycles. The molecule has 0 bridgehead atoms. The number of nitrogens with zero attached hydrogens (tertiary/aromatic N) is 7. The summed E-state index contributed by atoms with van der Waals surface area (Å²) >= 11 is 0. The summed E-state index contributed by atoms with van der Waals surface area (Å²) in [6.07, 6.45) is -1.77. The first-order valence-corrected chi connectivity index (χ1v) is 11.0. The Labute approximate surface area is 189 Å². The number of anilines is 2. The minimum Gasteiger partial charge on any atom is -0.372 e. The first kappa shape index (κ1) is 21.9. The van der Waals surface area contributed by atoms with Crippen LogP contribution in [0, 0.1) is 13.8 Å². The summed E-state index contributed by atoms with van der Waals surface area (Å²) in [6.45, 7) is 10.5. The van der Waals surface area contributed by atoms with E-state index in [1.807, 2.05) is 18.0 Å². The second-order valence-corrected chi connectivity index (χ2v) is 8.96. The molecule has 3 aromatic heterocycles. The molecule has 1 fully saturated rings. The van der Waals surface area contributed by atoms with Crippen LogP contribution in [0.3, 0.4) is 0 Å². The van der Waals surface area contributed by atoms with E-state index in [1.165, 1.54) is 0 Å². The third-order valence-corrected chi connectivity index (χ3v) is 6.43. The van der Waals surface area contributed by atoms with Crippen molar-refractivity contribution < 1.29 is 17.9 Å². The number of morpholine rings is 1. The van der Waals surface area contributed by atoms with Gasteiger partial charge in [-0.1, -0.05) is 0 Å². The van der Waals surface area contributed by atoms with Crippen molar-refractivity contribution in [2.75, 3.05) is 29.4 Å². The molecule has 5 rings (SSSR count). The lowest BCUT2D eigenvalue weighted by atomic mass is 10.0. The van der Waals surface area contributed by atoms with Gasteiger partial charge in [0.25, 0.3) is 5.82 Å². The zero-order chi connectivity index (χ0) is 23.5. The SMILES string of the molecule is Cc1c(N2CCc3ncc(N4C[C@@H](C)O[C@@H](C)C4)cc3C2)nn2c(C(F)(F)F)nnc2c1C. The second kappa shape index (κ2) is 7.82. The van der Waals surface area contributed by atoms with Gasteiger partial charge in [-0.25, -0.2) is 0 Å². The first-order chi connectivity index (χ1) is 15.6. The van der Waals surface area contributed by atoms with Crippen LogP contribution in [0.2, 0.25) is 0 Å². The van der Waals surface area contributed by atoms with Gasteiger partial charge in [0.2, 0.25) is 0 Å². The Morgan fingerprint density at radius 2 is 1.76 bits per heavy atom. The molecule has 0 amide bonds. The summed E-state index contributed by atoms with van der Waals surface area (Å²) in [5.41, 5.74) is 4.67. The molecule has 2 atom stereocenters. The summed E-state index contributed by atoms with van der Waals surface area (Å²) in [4.78, 5) is 8.99. The minimum atomic E-state index is -4.63. The molecule has 3 aromatic rings. The molecule has 2 aliphatic heterocycles. The average molecular weight is 461 g/mol. The van der Waals surface area contributed by atoms with Gasteiger partial charge in [0.05, 0.1) is 24.1 Å². The van der Waals surface area contributed by atoms with Crippen LogP contribution in [0.15, 0.2) is 12.3 Å². The van der Waals surface area contributed by atoms with Crippen molar-refractivity contribution in [3.8, 4) is 0 Å². The lowest BCUT2D eigenvalue weighted by Crippen LogP contribution is -2.45. The number of rotatable bonds is 2. The summed E-state index contributed by atoms with van der Waals surface area (Å²) in [6, 6.07) is 2.14. The fourth-order valence-electron chi connectivity index (χ4n) is 4.75. The molecule has 5 heterocycles. The molecular formula is C22H26F3N7O. The summed E-state index contributed by atoms with van der Waals surface area (Å²) in [7, 11) is 0. The molecule has 33 heavy (non-hydrogen) atoms. The third-order valence-electron chi connectivity index (χ3n) is 6.43. The van der Waals surface area contributed by atoms with Crippen molar-refractivity contribution in [2.24, 2.45) is 0 Å². The van der Waals surface area contributed by atoms with Gasteiger partial charge in [-0.2, -0.15) is 17.7 Å². The summed E-state index contributed by atoms with van der Waals surface area (Å²) < 4.78 is 47.0. The molecule has 11 heteroatoms. The number of halogens is 3. The van der Waals surface area contributed by atoms with Crippen LogP contribution >= 0.6 is 0 Å². The molecule has 2 aliphatic rings. The minimum absolute atomic E-state index is 0.125. The topological polar surface area (TPSA) is 71.7 Å². The largest absolute Gasteiger partial charge is 0.453 e. The lowest BCUT2D eigenvalue weighted by Gasteiger charge is -2.37. The smallest absolute Gasteiger partial charge is 0.372 e. The predicted octanol–water partition coefficient (Wildman–Crippen LogP) is 3.33. The number of hydrogen-bond acceptors (Lipinski definition) is 7. The van der Waals surface area contributed by atoms with Gasteiger partial charge in [0, 0.05) is 49.4 Å². The van der Waals surface area contributed by atoms with E-state index in [0.29, 0.717) is 30.9 Å². The standard InChI is InChI=1S/C22H26F3N7O/c1-12-9-31(10-13(2)33-12)17-7-16-11-30(6-5-18(16)26-8-17)20-15(4)14(3)19-27-28-21(22(23,24)25)32(19)29-20/h7-8,12-13H,5-6,9-11H2,1-4H3/t12-,13+. The Balaban J connectivity index is 1.49.